The second kappa shape index (κ2) is 4.36. The van der Waals surface area contributed by atoms with Gasteiger partial charge in [-0.05, 0) is 30.3 Å². The third-order valence-corrected chi connectivity index (χ3v) is 4.03. The molecule has 0 amide bonds. The molecule has 0 radical (unpaired) electrons. The van der Waals surface area contributed by atoms with Crippen LogP contribution in [0, 0.1) is 0 Å². The number of benzene rings is 2. The van der Waals surface area contributed by atoms with Crippen molar-refractivity contribution in [2.24, 2.45) is 0 Å². The van der Waals surface area contributed by atoms with E-state index in [0.717, 1.165) is 38.2 Å². The summed E-state index contributed by atoms with van der Waals surface area (Å²) >= 11 is 0. The highest BCUT2D eigenvalue weighted by Gasteiger charge is 2.06. The van der Waals surface area contributed by atoms with E-state index in [0.29, 0.717) is 5.65 Å². The summed E-state index contributed by atoms with van der Waals surface area (Å²) in [6.45, 7) is 0. The molecule has 108 valence electrons. The van der Waals surface area contributed by atoms with Crippen LogP contribution in [0.2, 0.25) is 0 Å². The highest BCUT2D eigenvalue weighted by Crippen LogP contribution is 2.27. The van der Waals surface area contributed by atoms with Crippen molar-refractivity contribution in [2.45, 2.75) is 0 Å². The maximum absolute atomic E-state index is 11.4. The molecule has 0 atom stereocenters. The highest BCUT2D eigenvalue weighted by molar-refractivity contribution is 6.01. The second-order valence-electron chi connectivity index (χ2n) is 5.55. The first kappa shape index (κ1) is 12.3. The first-order valence-electron chi connectivity index (χ1n) is 7.30. The van der Waals surface area contributed by atoms with Gasteiger partial charge in [0.05, 0.1) is 5.52 Å². The van der Waals surface area contributed by atoms with Crippen LogP contribution in [0.5, 0.6) is 0 Å². The normalized spacial score (nSPS) is 11.7. The van der Waals surface area contributed by atoms with E-state index in [1.165, 1.54) is 6.07 Å². The number of fused-ring (bicyclic) bond motifs is 4. The third kappa shape index (κ3) is 1.89. The van der Waals surface area contributed by atoms with Gasteiger partial charge in [-0.15, -0.1) is 0 Å². The highest BCUT2D eigenvalue weighted by atomic mass is 16.3. The van der Waals surface area contributed by atoms with Crippen LogP contribution < -0.4 is 5.56 Å². The number of para-hydroxylation sites is 1. The molecule has 0 aliphatic heterocycles. The summed E-state index contributed by atoms with van der Waals surface area (Å²) in [5.74, 6) is 0. The minimum absolute atomic E-state index is 0.277. The summed E-state index contributed by atoms with van der Waals surface area (Å²) in [6.07, 6.45) is 0. The van der Waals surface area contributed by atoms with Crippen LogP contribution in [-0.4, -0.2) is 9.97 Å². The molecule has 0 saturated carbocycles. The third-order valence-electron chi connectivity index (χ3n) is 4.03. The Bertz CT molecular complexity index is 1290. The van der Waals surface area contributed by atoms with Crippen molar-refractivity contribution in [2.75, 3.05) is 0 Å². The van der Waals surface area contributed by atoms with E-state index in [-0.39, 0.29) is 5.56 Å². The summed E-state index contributed by atoms with van der Waals surface area (Å²) in [7, 11) is 0. The van der Waals surface area contributed by atoms with E-state index in [9.17, 15) is 4.79 Å². The lowest BCUT2D eigenvalue weighted by molar-refractivity contribution is 0.661. The predicted molar refractivity (Wildman–Crippen MR) is 90.6 cm³/mol. The van der Waals surface area contributed by atoms with Crippen LogP contribution in [0.25, 0.3) is 43.9 Å². The van der Waals surface area contributed by atoms with Crippen LogP contribution in [-0.2, 0) is 0 Å². The fourth-order valence-corrected chi connectivity index (χ4v) is 2.92. The molecule has 0 spiro atoms. The molecule has 3 heterocycles. The minimum atomic E-state index is -0.277. The molecule has 0 N–H and O–H groups in total. The van der Waals surface area contributed by atoms with Crippen LogP contribution in [0.3, 0.4) is 0 Å². The van der Waals surface area contributed by atoms with Gasteiger partial charge in [-0.3, -0.25) is 4.79 Å². The predicted octanol–water partition coefficient (Wildman–Crippen LogP) is 4.04. The van der Waals surface area contributed by atoms with Gasteiger partial charge in [0.25, 0.3) is 5.56 Å². The number of rotatable bonds is 0. The summed E-state index contributed by atoms with van der Waals surface area (Å²) in [6, 6.07) is 19.2. The molecule has 0 fully saturated rings. The fourth-order valence-electron chi connectivity index (χ4n) is 2.92. The smallest absolute Gasteiger partial charge is 0.271 e. The quantitative estimate of drug-likeness (QED) is 0.405. The molecule has 0 aliphatic rings. The monoisotopic (exact) mass is 298 g/mol. The summed E-state index contributed by atoms with van der Waals surface area (Å²) in [5.41, 5.74) is 2.55. The molecular weight excluding hydrogens is 288 g/mol. The van der Waals surface area contributed by atoms with E-state index in [1.54, 1.807) is 6.07 Å². The van der Waals surface area contributed by atoms with Crippen molar-refractivity contribution in [3.8, 4) is 0 Å². The number of aromatic nitrogens is 2. The van der Waals surface area contributed by atoms with Gasteiger partial charge < -0.3 is 4.42 Å². The standard InChI is InChI=1S/C19H10N2O2/c22-18-6-5-12-8-13-9-14-7-11-3-1-2-4-16(11)23-17(14)10-15(13)20-19(12)21-18/h1-10H. The molecule has 5 rings (SSSR count). The van der Waals surface area contributed by atoms with Gasteiger partial charge in [-0.25, -0.2) is 4.98 Å². The average molecular weight is 298 g/mol. The summed E-state index contributed by atoms with van der Waals surface area (Å²) in [5, 5.41) is 3.93. The first-order valence-corrected chi connectivity index (χ1v) is 7.30. The van der Waals surface area contributed by atoms with Crippen LogP contribution in [0.1, 0.15) is 0 Å². The molecule has 4 nitrogen and oxygen atoms in total. The number of nitrogens with zero attached hydrogens (tertiary/aromatic N) is 2. The molecule has 2 aromatic carbocycles. The van der Waals surface area contributed by atoms with Crippen LogP contribution in [0.15, 0.2) is 69.9 Å². The molecular formula is C19H10N2O2. The van der Waals surface area contributed by atoms with E-state index in [2.05, 4.69) is 22.1 Å². The lowest BCUT2D eigenvalue weighted by Gasteiger charge is -2.05. The van der Waals surface area contributed by atoms with Crippen LogP contribution in [0.4, 0.5) is 0 Å². The Morgan fingerprint density at radius 1 is 0.696 bits per heavy atom. The van der Waals surface area contributed by atoms with Gasteiger partial charge in [-0.1, -0.05) is 18.2 Å². The van der Waals surface area contributed by atoms with E-state index in [4.69, 9.17) is 4.42 Å². The number of hydrogen-bond acceptors (Lipinski definition) is 4. The van der Waals surface area contributed by atoms with Crippen molar-refractivity contribution in [3.05, 3.63) is 71.0 Å². The molecule has 0 saturated heterocycles. The van der Waals surface area contributed by atoms with Gasteiger partial charge in [0.15, 0.2) is 5.65 Å². The minimum Gasteiger partial charge on any atom is -0.456 e. The van der Waals surface area contributed by atoms with Gasteiger partial charge in [0, 0.05) is 33.7 Å². The molecule has 5 aromatic rings. The van der Waals surface area contributed by atoms with E-state index >= 15 is 0 Å². The average Bonchev–Trinajstić information content (AvgIpc) is 2.56. The van der Waals surface area contributed by atoms with Gasteiger partial charge >= 0.3 is 0 Å². The molecule has 0 unspecified atom stereocenters. The molecule has 0 bridgehead atoms. The van der Waals surface area contributed by atoms with Gasteiger partial charge in [-0.2, -0.15) is 4.98 Å². The Balaban J connectivity index is 1.92. The van der Waals surface area contributed by atoms with Crippen molar-refractivity contribution >= 4 is 43.9 Å². The maximum atomic E-state index is 11.4. The van der Waals surface area contributed by atoms with Crippen molar-refractivity contribution in [1.82, 2.24) is 9.97 Å². The fraction of sp³-hybridized carbons (Fsp3) is 0. The van der Waals surface area contributed by atoms with Crippen LogP contribution >= 0.6 is 0 Å². The zero-order chi connectivity index (χ0) is 15.4. The molecule has 0 aliphatic carbocycles. The Labute approximate surface area is 130 Å². The zero-order valence-corrected chi connectivity index (χ0v) is 12.0. The SMILES string of the molecule is O=c1ccc2cc3cc4cc5ccccc5oc4cc3nc2n1. The van der Waals surface area contributed by atoms with Gasteiger partial charge in [0.2, 0.25) is 0 Å². The number of hydrogen-bond donors (Lipinski definition) is 0. The van der Waals surface area contributed by atoms with Gasteiger partial charge in [0.1, 0.15) is 11.2 Å². The van der Waals surface area contributed by atoms with Crippen molar-refractivity contribution < 1.29 is 4.42 Å². The maximum Gasteiger partial charge on any atom is 0.271 e. The molecule has 4 heteroatoms. The van der Waals surface area contributed by atoms with Crippen molar-refractivity contribution in [3.63, 3.8) is 0 Å². The van der Waals surface area contributed by atoms with E-state index in [1.807, 2.05) is 36.4 Å². The largest absolute Gasteiger partial charge is 0.456 e. The number of pyridine rings is 2. The Morgan fingerprint density at radius 2 is 1.52 bits per heavy atom. The Hall–Kier alpha value is -3.27. The Morgan fingerprint density at radius 3 is 2.48 bits per heavy atom. The Kier molecular flexibility index (Phi) is 2.33. The first-order chi connectivity index (χ1) is 11.3. The zero-order valence-electron chi connectivity index (χ0n) is 12.0. The van der Waals surface area contributed by atoms with E-state index < -0.39 is 0 Å². The molecule has 3 aromatic heterocycles. The molecule has 23 heavy (non-hydrogen) atoms. The summed E-state index contributed by atoms with van der Waals surface area (Å²) < 4.78 is 5.97. The second-order valence-corrected chi connectivity index (χ2v) is 5.55. The van der Waals surface area contributed by atoms with Crippen molar-refractivity contribution in [1.29, 1.82) is 0 Å². The lowest BCUT2D eigenvalue weighted by Crippen LogP contribution is -2.03. The lowest BCUT2D eigenvalue weighted by atomic mass is 10.1. The summed E-state index contributed by atoms with van der Waals surface area (Å²) in [4.78, 5) is 19.9. The topological polar surface area (TPSA) is 56.0 Å².